The predicted molar refractivity (Wildman–Crippen MR) is 67.4 cm³/mol. The number of aromatic nitrogens is 1. The number of aryl methyl sites for hydroxylation is 1. The highest BCUT2D eigenvalue weighted by Gasteiger charge is 2.16. The first-order chi connectivity index (χ1) is 8.70. The molecule has 2 heterocycles. The summed E-state index contributed by atoms with van der Waals surface area (Å²) in [6.45, 7) is 1.89. The molecular weight excluding hydrogens is 232 g/mol. The van der Waals surface area contributed by atoms with Gasteiger partial charge in [-0.2, -0.15) is 0 Å². The molecule has 0 spiro atoms. The molecule has 5 heteroatoms. The van der Waals surface area contributed by atoms with Crippen LogP contribution >= 0.6 is 0 Å². The predicted octanol–water partition coefficient (Wildman–Crippen LogP) is 2.99. The number of nitrogens with zero attached hydrogens (tertiary/aromatic N) is 1. The molecular formula is C13H12N2O3. The zero-order valence-electron chi connectivity index (χ0n) is 10.1. The van der Waals surface area contributed by atoms with Crippen molar-refractivity contribution < 1.29 is 13.7 Å². The second-order valence-electron chi connectivity index (χ2n) is 4.02. The van der Waals surface area contributed by atoms with E-state index in [9.17, 15) is 0 Å². The third-order valence-corrected chi connectivity index (χ3v) is 2.88. The van der Waals surface area contributed by atoms with Gasteiger partial charge in [-0.1, -0.05) is 5.16 Å². The van der Waals surface area contributed by atoms with E-state index in [1.165, 1.54) is 0 Å². The standard InChI is InChI=1S/C13H12N2O3/c1-7-5-9-8(10-6-15-18-13(10)14)3-4-11(16-2)12(9)17-7/h3-6H,14H2,1-2H3. The van der Waals surface area contributed by atoms with Crippen molar-refractivity contribution >= 4 is 16.9 Å². The number of nitrogens with two attached hydrogens (primary N) is 1. The van der Waals surface area contributed by atoms with Crippen LogP contribution in [-0.4, -0.2) is 12.3 Å². The van der Waals surface area contributed by atoms with Crippen LogP contribution in [0.2, 0.25) is 0 Å². The van der Waals surface area contributed by atoms with Crippen LogP contribution in [0.25, 0.3) is 22.1 Å². The summed E-state index contributed by atoms with van der Waals surface area (Å²) in [6.07, 6.45) is 1.60. The molecule has 0 fully saturated rings. The zero-order valence-corrected chi connectivity index (χ0v) is 10.1. The Morgan fingerprint density at radius 1 is 1.28 bits per heavy atom. The molecule has 0 aliphatic heterocycles. The lowest BCUT2D eigenvalue weighted by Gasteiger charge is -2.04. The number of rotatable bonds is 2. The number of fused-ring (bicyclic) bond motifs is 1. The second kappa shape index (κ2) is 3.80. The molecule has 1 aromatic carbocycles. The first-order valence-electron chi connectivity index (χ1n) is 5.48. The Hall–Kier alpha value is -2.43. The lowest BCUT2D eigenvalue weighted by Crippen LogP contribution is -1.87. The number of furan rings is 1. The lowest BCUT2D eigenvalue weighted by atomic mass is 10.0. The van der Waals surface area contributed by atoms with E-state index in [2.05, 4.69) is 5.16 Å². The third-order valence-electron chi connectivity index (χ3n) is 2.88. The van der Waals surface area contributed by atoms with Crippen LogP contribution in [0.5, 0.6) is 5.75 Å². The highest BCUT2D eigenvalue weighted by molar-refractivity contribution is 5.99. The number of ether oxygens (including phenoxy) is 1. The summed E-state index contributed by atoms with van der Waals surface area (Å²) in [5.74, 6) is 1.79. The number of methoxy groups -OCH3 is 1. The highest BCUT2D eigenvalue weighted by Crippen LogP contribution is 2.38. The molecule has 0 unspecified atom stereocenters. The van der Waals surface area contributed by atoms with Gasteiger partial charge in [-0.05, 0) is 25.1 Å². The van der Waals surface area contributed by atoms with Crippen LogP contribution in [0.15, 0.2) is 33.3 Å². The van der Waals surface area contributed by atoms with Gasteiger partial charge in [0.1, 0.15) is 5.76 Å². The monoisotopic (exact) mass is 244 g/mol. The Bertz CT molecular complexity index is 712. The molecule has 18 heavy (non-hydrogen) atoms. The van der Waals surface area contributed by atoms with Gasteiger partial charge in [-0.25, -0.2) is 0 Å². The van der Waals surface area contributed by atoms with Crippen LogP contribution in [0.1, 0.15) is 5.76 Å². The van der Waals surface area contributed by atoms with Gasteiger partial charge >= 0.3 is 0 Å². The van der Waals surface area contributed by atoms with Crippen LogP contribution in [-0.2, 0) is 0 Å². The van der Waals surface area contributed by atoms with Crippen molar-refractivity contribution in [1.29, 1.82) is 0 Å². The van der Waals surface area contributed by atoms with Crippen LogP contribution in [0.4, 0.5) is 5.88 Å². The summed E-state index contributed by atoms with van der Waals surface area (Å²) in [7, 11) is 1.61. The van der Waals surface area contributed by atoms with Gasteiger partial charge in [0.25, 0.3) is 0 Å². The van der Waals surface area contributed by atoms with E-state index in [1.807, 2.05) is 25.1 Å². The molecule has 0 saturated carbocycles. The molecule has 0 aliphatic rings. The van der Waals surface area contributed by atoms with Gasteiger partial charge in [0.15, 0.2) is 11.3 Å². The van der Waals surface area contributed by atoms with Crippen molar-refractivity contribution in [1.82, 2.24) is 5.16 Å². The highest BCUT2D eigenvalue weighted by atomic mass is 16.5. The number of nitrogen functional groups attached to an aromatic ring is 1. The van der Waals surface area contributed by atoms with Crippen LogP contribution < -0.4 is 10.5 Å². The Labute approximate surface area is 103 Å². The number of hydrogen-bond donors (Lipinski definition) is 1. The normalized spacial score (nSPS) is 11.0. The Balaban J connectivity index is 2.35. The first kappa shape index (κ1) is 10.7. The minimum Gasteiger partial charge on any atom is -0.493 e. The second-order valence-corrected chi connectivity index (χ2v) is 4.02. The fraction of sp³-hybridized carbons (Fsp3) is 0.154. The topological polar surface area (TPSA) is 74.4 Å². The summed E-state index contributed by atoms with van der Waals surface area (Å²) in [5.41, 5.74) is 8.12. The Kier molecular flexibility index (Phi) is 2.26. The number of anilines is 1. The number of benzene rings is 1. The molecule has 3 aromatic rings. The smallest absolute Gasteiger partial charge is 0.229 e. The molecule has 0 bridgehead atoms. The van der Waals surface area contributed by atoms with E-state index in [4.69, 9.17) is 19.4 Å². The SMILES string of the molecule is COc1ccc(-c2cnoc2N)c2cc(C)oc12. The van der Waals surface area contributed by atoms with Gasteiger partial charge in [-0.15, -0.1) is 0 Å². The molecule has 3 rings (SSSR count). The van der Waals surface area contributed by atoms with Crippen molar-refractivity contribution in [3.8, 4) is 16.9 Å². The largest absolute Gasteiger partial charge is 0.493 e. The summed E-state index contributed by atoms with van der Waals surface area (Å²) in [4.78, 5) is 0. The van der Waals surface area contributed by atoms with E-state index >= 15 is 0 Å². The fourth-order valence-electron chi connectivity index (χ4n) is 2.07. The maximum atomic E-state index is 5.75. The molecule has 0 amide bonds. The van der Waals surface area contributed by atoms with E-state index in [0.29, 0.717) is 17.2 Å². The van der Waals surface area contributed by atoms with Gasteiger partial charge < -0.3 is 19.4 Å². The van der Waals surface area contributed by atoms with Crippen molar-refractivity contribution in [2.75, 3.05) is 12.8 Å². The molecule has 0 atom stereocenters. The van der Waals surface area contributed by atoms with Gasteiger partial charge in [0.2, 0.25) is 5.88 Å². The van der Waals surface area contributed by atoms with Crippen LogP contribution in [0.3, 0.4) is 0 Å². The Morgan fingerprint density at radius 3 is 2.78 bits per heavy atom. The lowest BCUT2D eigenvalue weighted by molar-refractivity contribution is 0.409. The van der Waals surface area contributed by atoms with Crippen molar-refractivity contribution in [3.63, 3.8) is 0 Å². The Morgan fingerprint density at radius 2 is 2.11 bits per heavy atom. The fourth-order valence-corrected chi connectivity index (χ4v) is 2.07. The maximum Gasteiger partial charge on any atom is 0.229 e. The molecule has 5 nitrogen and oxygen atoms in total. The maximum absolute atomic E-state index is 5.75. The van der Waals surface area contributed by atoms with Gasteiger partial charge in [0, 0.05) is 10.9 Å². The summed E-state index contributed by atoms with van der Waals surface area (Å²) < 4.78 is 15.8. The quantitative estimate of drug-likeness (QED) is 0.750. The van der Waals surface area contributed by atoms with Crippen molar-refractivity contribution in [2.24, 2.45) is 0 Å². The van der Waals surface area contributed by atoms with Gasteiger partial charge in [-0.3, -0.25) is 0 Å². The van der Waals surface area contributed by atoms with Gasteiger partial charge in [0.05, 0.1) is 18.9 Å². The first-order valence-corrected chi connectivity index (χ1v) is 5.48. The van der Waals surface area contributed by atoms with Crippen LogP contribution in [0, 0.1) is 6.92 Å². The van der Waals surface area contributed by atoms with E-state index in [1.54, 1.807) is 13.3 Å². The molecule has 0 radical (unpaired) electrons. The number of hydrogen-bond acceptors (Lipinski definition) is 5. The molecule has 2 N–H and O–H groups in total. The van der Waals surface area contributed by atoms with Crippen molar-refractivity contribution in [2.45, 2.75) is 6.92 Å². The molecule has 92 valence electrons. The summed E-state index contributed by atoms with van der Waals surface area (Å²) in [6, 6.07) is 5.70. The van der Waals surface area contributed by atoms with Crippen molar-refractivity contribution in [3.05, 3.63) is 30.2 Å². The summed E-state index contributed by atoms with van der Waals surface area (Å²) in [5, 5.41) is 4.62. The average Bonchev–Trinajstić information content (AvgIpc) is 2.93. The van der Waals surface area contributed by atoms with E-state index in [-0.39, 0.29) is 0 Å². The zero-order chi connectivity index (χ0) is 12.7. The van der Waals surface area contributed by atoms with E-state index in [0.717, 1.165) is 22.3 Å². The van der Waals surface area contributed by atoms with E-state index < -0.39 is 0 Å². The minimum atomic E-state index is 0.292. The average molecular weight is 244 g/mol. The third kappa shape index (κ3) is 1.44. The molecule has 2 aromatic heterocycles. The minimum absolute atomic E-state index is 0.292. The molecule has 0 saturated heterocycles. The molecule has 0 aliphatic carbocycles. The summed E-state index contributed by atoms with van der Waals surface area (Å²) >= 11 is 0.